The van der Waals surface area contributed by atoms with Gasteiger partial charge in [0, 0.05) is 6.07 Å². The molecule has 0 unspecified atom stereocenters. The maximum Gasteiger partial charge on any atom is 0.320 e. The molecule has 2 amide bonds. The fourth-order valence-electron chi connectivity index (χ4n) is 1.75. The molecule has 0 spiro atoms. The molecule has 1 heterocycles. The van der Waals surface area contributed by atoms with E-state index in [4.69, 9.17) is 0 Å². The van der Waals surface area contributed by atoms with Gasteiger partial charge in [0.2, 0.25) is 0 Å². The highest BCUT2D eigenvalue weighted by Gasteiger charge is 2.25. The van der Waals surface area contributed by atoms with Crippen molar-refractivity contribution in [2.24, 2.45) is 0 Å². The molecule has 1 aromatic carbocycles. The second-order valence-corrected chi connectivity index (χ2v) is 3.76. The van der Waals surface area contributed by atoms with Crippen LogP contribution in [0.3, 0.4) is 0 Å². The van der Waals surface area contributed by atoms with E-state index in [0.29, 0.717) is 0 Å². The second-order valence-electron chi connectivity index (χ2n) is 3.76. The number of amides is 2. The third kappa shape index (κ3) is 2.51. The maximum atomic E-state index is 11.3. The first-order valence-corrected chi connectivity index (χ1v) is 5.23. The minimum absolute atomic E-state index is 0.195. The lowest BCUT2D eigenvalue weighted by atomic mass is 10.0. The van der Waals surface area contributed by atoms with Crippen LogP contribution in [0, 0.1) is 10.1 Å². The van der Waals surface area contributed by atoms with Gasteiger partial charge in [-0.1, -0.05) is 12.1 Å². The Hall–Kier alpha value is -2.90. The number of nitrogens with one attached hydrogen (secondary N) is 2. The first-order chi connectivity index (χ1) is 8.99. The van der Waals surface area contributed by atoms with Crippen LogP contribution >= 0.6 is 0 Å². The number of para-hydroxylation sites is 1. The fraction of sp³-hybridized carbons (Fsp3) is 0.0909. The zero-order valence-corrected chi connectivity index (χ0v) is 9.45. The Labute approximate surface area is 106 Å². The van der Waals surface area contributed by atoms with Crippen LogP contribution in [0.15, 0.2) is 36.0 Å². The van der Waals surface area contributed by atoms with Crippen molar-refractivity contribution in [3.8, 4) is 0 Å². The van der Waals surface area contributed by atoms with E-state index in [-0.39, 0.29) is 11.3 Å². The summed E-state index contributed by atoms with van der Waals surface area (Å²) in [4.78, 5) is 32.3. The lowest BCUT2D eigenvalue weighted by Crippen LogP contribution is -2.46. The summed E-state index contributed by atoms with van der Waals surface area (Å²) in [6.45, 7) is 0. The molecule has 0 aromatic heterocycles. The van der Waals surface area contributed by atoms with Gasteiger partial charge in [0.1, 0.15) is 0 Å². The van der Waals surface area contributed by atoms with E-state index in [1.54, 1.807) is 6.07 Å². The Kier molecular flexibility index (Phi) is 3.15. The van der Waals surface area contributed by atoms with Gasteiger partial charge in [-0.05, 0) is 12.1 Å². The van der Waals surface area contributed by atoms with Crippen LogP contribution in [-0.2, 0) is 4.79 Å². The molecule has 98 valence electrons. The molecule has 1 atom stereocenters. The molecular weight excluding hydrogens is 254 g/mol. The van der Waals surface area contributed by atoms with Gasteiger partial charge in [-0.25, -0.2) is 4.79 Å². The summed E-state index contributed by atoms with van der Waals surface area (Å²) in [5.41, 5.74) is -0.434. The zero-order chi connectivity index (χ0) is 14.0. The van der Waals surface area contributed by atoms with E-state index in [1.165, 1.54) is 18.2 Å². The topological polar surface area (TPSA) is 124 Å². The average Bonchev–Trinajstić information content (AvgIpc) is 2.37. The largest absolute Gasteiger partial charge is 0.543 e. The Morgan fingerprint density at radius 2 is 2.00 bits per heavy atom. The number of hydrogen-bond acceptors (Lipinski definition) is 5. The number of carboxylic acids is 1. The van der Waals surface area contributed by atoms with E-state index >= 15 is 0 Å². The van der Waals surface area contributed by atoms with Crippen molar-refractivity contribution < 1.29 is 19.6 Å². The molecule has 2 rings (SSSR count). The second kappa shape index (κ2) is 4.77. The van der Waals surface area contributed by atoms with Crippen LogP contribution in [0.2, 0.25) is 0 Å². The first kappa shape index (κ1) is 12.6. The normalized spacial score (nSPS) is 18.0. The summed E-state index contributed by atoms with van der Waals surface area (Å²) < 4.78 is 0. The summed E-state index contributed by atoms with van der Waals surface area (Å²) in [6, 6.07) is 4.10. The summed E-state index contributed by atoms with van der Waals surface area (Å²) in [7, 11) is 0. The number of nitrogens with zero attached hydrogens (tertiary/aromatic N) is 1. The molecule has 2 N–H and O–H groups in total. The van der Waals surface area contributed by atoms with Gasteiger partial charge in [-0.3, -0.25) is 10.1 Å². The van der Waals surface area contributed by atoms with Crippen molar-refractivity contribution in [1.29, 1.82) is 0 Å². The number of rotatable bonds is 3. The van der Waals surface area contributed by atoms with Gasteiger partial charge in [0.15, 0.2) is 0 Å². The lowest BCUT2D eigenvalue weighted by Gasteiger charge is -2.24. The van der Waals surface area contributed by atoms with E-state index in [0.717, 1.165) is 6.08 Å². The smallest absolute Gasteiger partial charge is 0.320 e. The third-order valence-electron chi connectivity index (χ3n) is 2.56. The molecule has 8 heteroatoms. The van der Waals surface area contributed by atoms with Crippen molar-refractivity contribution >= 4 is 17.7 Å². The molecule has 0 fully saturated rings. The molecule has 19 heavy (non-hydrogen) atoms. The monoisotopic (exact) mass is 262 g/mol. The molecule has 1 aliphatic heterocycles. The molecule has 1 aliphatic rings. The number of benzene rings is 1. The minimum atomic E-state index is -1.56. The Morgan fingerprint density at radius 1 is 1.32 bits per heavy atom. The van der Waals surface area contributed by atoms with Crippen LogP contribution in [-0.4, -0.2) is 16.9 Å². The third-order valence-corrected chi connectivity index (χ3v) is 2.56. The van der Waals surface area contributed by atoms with Gasteiger partial charge >= 0.3 is 6.03 Å². The number of carboxylic acid groups (broad SMARTS) is 1. The van der Waals surface area contributed by atoms with Crippen LogP contribution in [0.5, 0.6) is 0 Å². The molecule has 8 nitrogen and oxygen atoms in total. The van der Waals surface area contributed by atoms with Gasteiger partial charge in [-0.15, -0.1) is 0 Å². The summed E-state index contributed by atoms with van der Waals surface area (Å²) in [5.74, 6) is -1.56. The molecule has 0 aliphatic carbocycles. The summed E-state index contributed by atoms with van der Waals surface area (Å²) in [5, 5.41) is 26.1. The van der Waals surface area contributed by atoms with E-state index in [2.05, 4.69) is 5.32 Å². The van der Waals surface area contributed by atoms with Crippen molar-refractivity contribution in [1.82, 2.24) is 10.6 Å². The molecule has 0 saturated carbocycles. The number of nitro benzene ring substituents is 1. The summed E-state index contributed by atoms with van der Waals surface area (Å²) in [6.07, 6.45) is 1.15. The molecular formula is C11H8N3O5-. The number of carbonyl (C=O) groups is 2. The zero-order valence-electron chi connectivity index (χ0n) is 9.45. The van der Waals surface area contributed by atoms with Crippen molar-refractivity contribution in [3.05, 3.63) is 51.7 Å². The quantitative estimate of drug-likeness (QED) is 0.565. The number of aliphatic carboxylic acids is 1. The van der Waals surface area contributed by atoms with Crippen molar-refractivity contribution in [2.75, 3.05) is 0 Å². The number of hydrogen-bond donors (Lipinski definition) is 2. The minimum Gasteiger partial charge on any atom is -0.543 e. The van der Waals surface area contributed by atoms with E-state index < -0.39 is 28.7 Å². The lowest BCUT2D eigenvalue weighted by molar-refractivity contribution is -0.385. The first-order valence-electron chi connectivity index (χ1n) is 5.23. The predicted octanol–water partition coefficient (Wildman–Crippen LogP) is -0.418. The highest BCUT2D eigenvalue weighted by Crippen LogP contribution is 2.27. The van der Waals surface area contributed by atoms with Crippen LogP contribution in [0.1, 0.15) is 11.6 Å². The predicted molar refractivity (Wildman–Crippen MR) is 60.6 cm³/mol. The Morgan fingerprint density at radius 3 is 2.63 bits per heavy atom. The summed E-state index contributed by atoms with van der Waals surface area (Å²) >= 11 is 0. The number of carbonyl (C=O) groups excluding carboxylic acids is 2. The highest BCUT2D eigenvalue weighted by molar-refractivity contribution is 5.92. The van der Waals surface area contributed by atoms with E-state index in [9.17, 15) is 24.8 Å². The Bertz CT molecular complexity index is 596. The molecule has 0 saturated heterocycles. The van der Waals surface area contributed by atoms with Gasteiger partial charge < -0.3 is 20.5 Å². The number of nitro groups is 1. The highest BCUT2D eigenvalue weighted by atomic mass is 16.6. The number of urea groups is 1. The van der Waals surface area contributed by atoms with Crippen molar-refractivity contribution in [2.45, 2.75) is 6.04 Å². The van der Waals surface area contributed by atoms with Gasteiger partial charge in [0.05, 0.1) is 28.2 Å². The van der Waals surface area contributed by atoms with Crippen molar-refractivity contribution in [3.63, 3.8) is 0 Å². The SMILES string of the molecule is O=C1NC(C(=O)[O-])=C[C@@H](c2ccccc2[N+](=O)[O-])N1. The standard InChI is InChI=1S/C11H9N3O5/c15-10(16)8-5-7(12-11(17)13-8)6-3-1-2-4-9(6)14(18)19/h1-5,7H,(H,15,16)(H2,12,13,17)/p-1/t7-/m0/s1. The van der Waals surface area contributed by atoms with E-state index in [1.807, 2.05) is 5.32 Å². The molecule has 0 bridgehead atoms. The van der Waals surface area contributed by atoms with Crippen LogP contribution in [0.4, 0.5) is 10.5 Å². The Balaban J connectivity index is 2.46. The molecule has 1 aromatic rings. The fourth-order valence-corrected chi connectivity index (χ4v) is 1.75. The maximum absolute atomic E-state index is 11.3. The van der Waals surface area contributed by atoms with Gasteiger partial charge in [0.25, 0.3) is 5.69 Å². The molecule has 0 radical (unpaired) electrons. The van der Waals surface area contributed by atoms with Gasteiger partial charge in [-0.2, -0.15) is 0 Å². The van der Waals surface area contributed by atoms with Crippen LogP contribution in [0.25, 0.3) is 0 Å². The van der Waals surface area contributed by atoms with Crippen LogP contribution < -0.4 is 15.7 Å². The average molecular weight is 262 g/mol.